The van der Waals surface area contributed by atoms with Crippen LogP contribution >= 0.6 is 0 Å². The van der Waals surface area contributed by atoms with Gasteiger partial charge in [0.05, 0.1) is 31.6 Å². The van der Waals surface area contributed by atoms with E-state index in [1.807, 2.05) is 19.2 Å². The number of aryl methyl sites for hydroxylation is 1. The lowest BCUT2D eigenvalue weighted by Gasteiger charge is -2.39. The van der Waals surface area contributed by atoms with Crippen molar-refractivity contribution in [3.05, 3.63) is 70.9 Å². The average Bonchev–Trinajstić information content (AvgIpc) is 3.85. The lowest BCUT2D eigenvalue weighted by molar-refractivity contribution is -0.137. The molecule has 18 nitrogen and oxygen atoms in total. The third kappa shape index (κ3) is 8.25. The largest absolute Gasteiger partial charge is 0.495 e. The highest BCUT2D eigenvalue weighted by Crippen LogP contribution is 2.41. The molecule has 9 rings (SSSR count). The number of benzene rings is 2. The molecular weight excluding hydrogens is 805 g/mol. The molecule has 4 aliphatic heterocycles. The van der Waals surface area contributed by atoms with Crippen LogP contribution in [-0.2, 0) is 20.9 Å². The molecule has 4 aromatic rings. The van der Waals surface area contributed by atoms with Gasteiger partial charge in [0.1, 0.15) is 23.3 Å². The molecule has 3 fully saturated rings. The molecule has 1 aliphatic carbocycles. The van der Waals surface area contributed by atoms with Gasteiger partial charge in [-0.3, -0.25) is 33.9 Å². The summed E-state index contributed by atoms with van der Waals surface area (Å²) in [4.78, 5) is 79.7. The summed E-state index contributed by atoms with van der Waals surface area (Å²) in [5, 5.41) is 21.0. The van der Waals surface area contributed by atoms with Gasteiger partial charge in [-0.15, -0.1) is 10.2 Å². The fourth-order valence-corrected chi connectivity index (χ4v) is 9.87. The summed E-state index contributed by atoms with van der Waals surface area (Å²) in [7, 11) is 1.56. The van der Waals surface area contributed by atoms with Crippen molar-refractivity contribution in [3.8, 4) is 11.4 Å². The third-order valence-corrected chi connectivity index (χ3v) is 13.3. The molecular formula is C45H54N12O6. The predicted octanol–water partition coefficient (Wildman–Crippen LogP) is 4.56. The zero-order valence-corrected chi connectivity index (χ0v) is 36.0. The van der Waals surface area contributed by atoms with Crippen LogP contribution in [0.25, 0.3) is 5.69 Å². The fourth-order valence-electron chi connectivity index (χ4n) is 9.87. The highest BCUT2D eigenvalue weighted by molar-refractivity contribution is 6.06. The highest BCUT2D eigenvalue weighted by atomic mass is 16.5. The lowest BCUT2D eigenvalue weighted by atomic mass is 9.88. The van der Waals surface area contributed by atoms with E-state index in [0.29, 0.717) is 66.0 Å². The molecule has 1 unspecified atom stereocenters. The van der Waals surface area contributed by atoms with Crippen molar-refractivity contribution in [1.29, 1.82) is 0 Å². The smallest absolute Gasteiger partial charge is 0.255 e. The number of hydrogen-bond donors (Lipinski definition) is 4. The highest BCUT2D eigenvalue weighted by Gasteiger charge is 2.40. The van der Waals surface area contributed by atoms with Crippen molar-refractivity contribution in [2.45, 2.75) is 103 Å². The van der Waals surface area contributed by atoms with Crippen LogP contribution in [0.1, 0.15) is 115 Å². The maximum Gasteiger partial charge on any atom is 0.255 e. The number of likely N-dealkylation sites (tertiary alicyclic amines) is 1. The van der Waals surface area contributed by atoms with Gasteiger partial charge in [-0.2, -0.15) is 4.98 Å². The van der Waals surface area contributed by atoms with E-state index in [1.165, 1.54) is 37.0 Å². The van der Waals surface area contributed by atoms with Crippen LogP contribution in [0, 0.1) is 12.8 Å². The molecule has 2 saturated heterocycles. The topological polar surface area (TPSA) is 209 Å². The summed E-state index contributed by atoms with van der Waals surface area (Å²) < 4.78 is 7.83. The summed E-state index contributed by atoms with van der Waals surface area (Å²) in [6, 6.07) is 9.72. The zero-order valence-electron chi connectivity index (χ0n) is 36.0. The van der Waals surface area contributed by atoms with Crippen molar-refractivity contribution < 1.29 is 28.7 Å². The van der Waals surface area contributed by atoms with E-state index in [4.69, 9.17) is 14.7 Å². The Bertz CT molecular complexity index is 2440. The summed E-state index contributed by atoms with van der Waals surface area (Å²) in [6.07, 6.45) is 10.5. The minimum Gasteiger partial charge on any atom is -0.495 e. The second-order valence-corrected chi connectivity index (χ2v) is 17.2. The Morgan fingerprint density at radius 1 is 0.968 bits per heavy atom. The second kappa shape index (κ2) is 17.6. The molecule has 2 atom stereocenters. The zero-order chi connectivity index (χ0) is 43.8. The first-order valence-electron chi connectivity index (χ1n) is 22.2. The number of anilines is 4. The van der Waals surface area contributed by atoms with Gasteiger partial charge in [-0.05, 0) is 81.7 Å². The van der Waals surface area contributed by atoms with Gasteiger partial charge in [0.15, 0.2) is 11.6 Å². The van der Waals surface area contributed by atoms with Crippen LogP contribution in [0.4, 0.5) is 23.1 Å². The Hall–Kier alpha value is -6.59. The van der Waals surface area contributed by atoms with Crippen LogP contribution in [0.15, 0.2) is 42.6 Å². The number of methoxy groups -OCH3 is 1. The average molecular weight is 859 g/mol. The first-order valence-corrected chi connectivity index (χ1v) is 22.2. The number of fused-ring (bicyclic) bond motifs is 4. The number of nitrogens with one attached hydrogen (secondary N) is 4. The summed E-state index contributed by atoms with van der Waals surface area (Å²) >= 11 is 0. The van der Waals surface area contributed by atoms with Gasteiger partial charge in [-0.1, -0.05) is 32.3 Å². The minimum absolute atomic E-state index is 0.0252. The van der Waals surface area contributed by atoms with E-state index >= 15 is 0 Å². The Kier molecular flexibility index (Phi) is 11.7. The molecule has 2 aromatic carbocycles. The van der Waals surface area contributed by atoms with Crippen molar-refractivity contribution >= 4 is 52.7 Å². The maximum absolute atomic E-state index is 13.5. The van der Waals surface area contributed by atoms with E-state index in [9.17, 15) is 24.0 Å². The molecule has 6 heterocycles. The molecule has 5 amide bonds. The predicted molar refractivity (Wildman–Crippen MR) is 233 cm³/mol. The normalized spacial score (nSPS) is 20.2. The maximum atomic E-state index is 13.5. The van der Waals surface area contributed by atoms with E-state index in [0.717, 1.165) is 41.7 Å². The molecule has 0 radical (unpaired) electrons. The van der Waals surface area contributed by atoms with Crippen LogP contribution in [-0.4, -0.2) is 109 Å². The van der Waals surface area contributed by atoms with E-state index in [-0.39, 0.29) is 61.6 Å². The van der Waals surface area contributed by atoms with Gasteiger partial charge < -0.3 is 35.4 Å². The van der Waals surface area contributed by atoms with Crippen LogP contribution < -0.4 is 30.9 Å². The monoisotopic (exact) mass is 858 g/mol. The van der Waals surface area contributed by atoms with E-state index < -0.39 is 11.9 Å². The third-order valence-electron chi connectivity index (χ3n) is 13.3. The molecule has 1 saturated carbocycles. The molecule has 0 spiro atoms. The van der Waals surface area contributed by atoms with E-state index in [2.05, 4.69) is 47.9 Å². The molecule has 0 bridgehead atoms. The van der Waals surface area contributed by atoms with Crippen molar-refractivity contribution in [1.82, 2.24) is 45.2 Å². The second-order valence-electron chi connectivity index (χ2n) is 17.2. The molecule has 18 heteroatoms. The quantitative estimate of drug-likeness (QED) is 0.144. The molecule has 5 aliphatic rings. The van der Waals surface area contributed by atoms with E-state index in [1.54, 1.807) is 42.3 Å². The van der Waals surface area contributed by atoms with Crippen LogP contribution in [0.2, 0.25) is 0 Å². The van der Waals surface area contributed by atoms with Gasteiger partial charge >= 0.3 is 0 Å². The standard InChI is InChI=1S/C45H54N12O6/c1-4-34-41-53-52-26(2)57(41)36-22-47-45(51-40(36)55(34)24-27-9-6-5-7-10-27)49-33-14-13-28(21-37(33)63-3)42(60)48-29-17-19-54(20-18-29)39(59)23-46-32-12-8-11-30-31(32)25-56(44(30)62)35-15-16-38(58)50-43(35)61/h8,11-14,21-22,27,29,34-35,46H,4-7,9-10,15-20,23-25H2,1-3H3,(H,48,60)(H,47,49,51)(H,50,58,61)/t34-,35?/m1/s1. The number of aromatic nitrogens is 5. The van der Waals surface area contributed by atoms with Crippen molar-refractivity contribution in [2.24, 2.45) is 5.92 Å². The van der Waals surface area contributed by atoms with Gasteiger partial charge in [0.25, 0.3) is 11.8 Å². The number of imide groups is 1. The van der Waals surface area contributed by atoms with Crippen molar-refractivity contribution in [2.75, 3.05) is 48.8 Å². The number of amides is 5. The Morgan fingerprint density at radius 3 is 2.54 bits per heavy atom. The Balaban J connectivity index is 0.803. The first kappa shape index (κ1) is 41.7. The molecule has 4 N–H and O–H groups in total. The number of rotatable bonds is 12. The minimum atomic E-state index is -0.717. The number of nitrogens with zero attached hydrogens (tertiary/aromatic N) is 8. The van der Waals surface area contributed by atoms with Gasteiger partial charge in [0, 0.05) is 61.0 Å². The summed E-state index contributed by atoms with van der Waals surface area (Å²) in [5.41, 5.74) is 3.77. The lowest BCUT2D eigenvalue weighted by Crippen LogP contribution is -2.52. The van der Waals surface area contributed by atoms with Crippen molar-refractivity contribution in [3.63, 3.8) is 0 Å². The molecule has 63 heavy (non-hydrogen) atoms. The summed E-state index contributed by atoms with van der Waals surface area (Å²) in [5.74, 6) is 2.61. The number of piperidine rings is 2. The number of ether oxygens (including phenoxy) is 1. The summed E-state index contributed by atoms with van der Waals surface area (Å²) in [6.45, 7) is 6.21. The Labute approximate surface area is 365 Å². The number of carbonyl (C=O) groups is 5. The fraction of sp³-hybridized carbons (Fsp3) is 0.489. The molecule has 330 valence electrons. The Morgan fingerprint density at radius 2 is 1.78 bits per heavy atom. The molecule has 2 aromatic heterocycles. The van der Waals surface area contributed by atoms with Gasteiger partial charge in [-0.25, -0.2) is 4.98 Å². The number of carbonyl (C=O) groups excluding carboxylic acids is 5. The van der Waals surface area contributed by atoms with Gasteiger partial charge in [0.2, 0.25) is 23.7 Å². The number of hydrogen-bond acceptors (Lipinski definition) is 13. The van der Waals surface area contributed by atoms with Crippen LogP contribution in [0.3, 0.4) is 0 Å². The first-order chi connectivity index (χ1) is 30.6. The van der Waals surface area contributed by atoms with Crippen LogP contribution in [0.5, 0.6) is 5.75 Å². The SMILES string of the molecule is CC[C@@H]1c2nnc(C)n2-c2cnc(Nc3ccc(C(=O)NC4CCN(C(=O)CNc5cccc6c5CN(C5CCC(=O)NC5=O)C6=O)CC4)cc3OC)nc2N1CC1CCCCC1.